The van der Waals surface area contributed by atoms with Gasteiger partial charge >= 0.3 is 6.61 Å². The van der Waals surface area contributed by atoms with E-state index in [-0.39, 0.29) is 5.75 Å². The fourth-order valence-corrected chi connectivity index (χ4v) is 3.06. The van der Waals surface area contributed by atoms with Gasteiger partial charge in [0.25, 0.3) is 0 Å². The molecule has 18 heavy (non-hydrogen) atoms. The first-order valence-corrected chi connectivity index (χ1v) is 7.24. The van der Waals surface area contributed by atoms with E-state index in [2.05, 4.69) is 10.1 Å². The molecule has 0 aliphatic carbocycles. The number of rotatable bonds is 5. The average Bonchev–Trinajstić information content (AvgIpc) is 2.38. The van der Waals surface area contributed by atoms with E-state index in [1.54, 1.807) is 12.1 Å². The van der Waals surface area contributed by atoms with Crippen molar-refractivity contribution in [1.82, 2.24) is 5.32 Å². The minimum Gasteiger partial charge on any atom is -0.435 e. The Morgan fingerprint density at radius 2 is 2.11 bits per heavy atom. The Hall–Kier alpha value is -0.810. The molecule has 0 saturated carbocycles. The normalized spacial score (nSPS) is 20.1. The van der Waals surface area contributed by atoms with E-state index >= 15 is 0 Å². The zero-order valence-electron chi connectivity index (χ0n) is 10.1. The molecule has 1 unspecified atom stereocenters. The minimum atomic E-state index is -2.76. The van der Waals surface area contributed by atoms with Crippen LogP contribution in [0.2, 0.25) is 0 Å². The van der Waals surface area contributed by atoms with Gasteiger partial charge in [-0.05, 0) is 36.3 Å². The number of thioether (sulfide) groups is 1. The molecule has 1 fully saturated rings. The monoisotopic (exact) mass is 273 g/mol. The largest absolute Gasteiger partial charge is 0.435 e. The maximum Gasteiger partial charge on any atom is 0.387 e. The predicted octanol–water partition coefficient (Wildman–Crippen LogP) is 3.27. The van der Waals surface area contributed by atoms with Crippen LogP contribution in [0.3, 0.4) is 0 Å². The van der Waals surface area contributed by atoms with Gasteiger partial charge in [-0.15, -0.1) is 0 Å². The van der Waals surface area contributed by atoms with E-state index in [0.29, 0.717) is 6.04 Å². The molecule has 1 atom stereocenters. The number of hydrogen-bond acceptors (Lipinski definition) is 3. The molecule has 1 aromatic carbocycles. The van der Waals surface area contributed by atoms with Crippen LogP contribution in [0.1, 0.15) is 18.4 Å². The third-order valence-corrected chi connectivity index (χ3v) is 4.12. The Labute approximate surface area is 110 Å². The van der Waals surface area contributed by atoms with Crippen LogP contribution in [0.4, 0.5) is 8.78 Å². The molecule has 1 heterocycles. The molecule has 5 heteroatoms. The molecule has 1 aliphatic rings. The van der Waals surface area contributed by atoms with E-state index in [9.17, 15) is 8.78 Å². The van der Waals surface area contributed by atoms with Gasteiger partial charge < -0.3 is 10.1 Å². The van der Waals surface area contributed by atoms with Crippen molar-refractivity contribution in [3.05, 3.63) is 29.8 Å². The molecule has 2 nitrogen and oxygen atoms in total. The number of halogens is 2. The summed E-state index contributed by atoms with van der Waals surface area (Å²) in [5.74, 6) is 2.63. The van der Waals surface area contributed by atoms with Gasteiger partial charge in [-0.1, -0.05) is 12.1 Å². The Bertz CT molecular complexity index is 353. The second-order valence-electron chi connectivity index (χ2n) is 4.32. The van der Waals surface area contributed by atoms with Crippen molar-refractivity contribution in [2.24, 2.45) is 0 Å². The van der Waals surface area contributed by atoms with Crippen LogP contribution < -0.4 is 10.1 Å². The molecule has 0 aromatic heterocycles. The van der Waals surface area contributed by atoms with Crippen molar-refractivity contribution >= 4 is 11.8 Å². The lowest BCUT2D eigenvalue weighted by atomic mass is 10.1. The highest BCUT2D eigenvalue weighted by Crippen LogP contribution is 2.18. The molecule has 100 valence electrons. The van der Waals surface area contributed by atoms with Gasteiger partial charge in [0.2, 0.25) is 0 Å². The van der Waals surface area contributed by atoms with Crippen molar-refractivity contribution < 1.29 is 13.5 Å². The number of alkyl halides is 2. The fraction of sp³-hybridized carbons (Fsp3) is 0.538. The molecule has 0 bridgehead atoms. The number of ether oxygens (including phenoxy) is 1. The van der Waals surface area contributed by atoms with Crippen LogP contribution in [0, 0.1) is 0 Å². The molecular formula is C13H17F2NOS. The molecular weight excluding hydrogens is 256 g/mol. The summed E-state index contributed by atoms with van der Waals surface area (Å²) in [4.78, 5) is 0. The van der Waals surface area contributed by atoms with Gasteiger partial charge in [-0.25, -0.2) is 0 Å². The topological polar surface area (TPSA) is 21.3 Å². The lowest BCUT2D eigenvalue weighted by Gasteiger charge is -2.22. The van der Waals surface area contributed by atoms with E-state index in [1.807, 2.05) is 23.9 Å². The van der Waals surface area contributed by atoms with E-state index in [4.69, 9.17) is 0 Å². The first kappa shape index (κ1) is 13.6. The van der Waals surface area contributed by atoms with Crippen LogP contribution in [-0.2, 0) is 6.54 Å². The van der Waals surface area contributed by atoms with Crippen LogP contribution in [0.25, 0.3) is 0 Å². The maximum atomic E-state index is 12.0. The van der Waals surface area contributed by atoms with Crippen LogP contribution >= 0.6 is 11.8 Å². The third kappa shape index (κ3) is 4.46. The zero-order valence-corrected chi connectivity index (χ0v) is 10.9. The predicted molar refractivity (Wildman–Crippen MR) is 70.3 cm³/mol. The lowest BCUT2D eigenvalue weighted by molar-refractivity contribution is -0.0498. The Balaban J connectivity index is 1.78. The highest BCUT2D eigenvalue weighted by molar-refractivity contribution is 7.99. The summed E-state index contributed by atoms with van der Waals surface area (Å²) >= 11 is 1.98. The first-order chi connectivity index (χ1) is 8.74. The molecule has 1 N–H and O–H groups in total. The lowest BCUT2D eigenvalue weighted by Crippen LogP contribution is -2.33. The second kappa shape index (κ2) is 6.95. The summed E-state index contributed by atoms with van der Waals surface area (Å²) in [5, 5.41) is 3.49. The summed E-state index contributed by atoms with van der Waals surface area (Å²) in [5.41, 5.74) is 1.09. The van der Waals surface area contributed by atoms with Crippen molar-refractivity contribution in [3.8, 4) is 5.75 Å². The third-order valence-electron chi connectivity index (χ3n) is 2.90. The number of nitrogens with one attached hydrogen (secondary N) is 1. The highest BCUT2D eigenvalue weighted by atomic mass is 32.2. The Kier molecular flexibility index (Phi) is 5.26. The standard InChI is InChI=1S/C13H17F2NOS/c14-13(15)17-12-5-3-10(4-6-12)8-16-11-2-1-7-18-9-11/h3-6,11,13,16H,1-2,7-9H2. The summed E-state index contributed by atoms with van der Waals surface area (Å²) < 4.78 is 28.3. The maximum absolute atomic E-state index is 12.0. The molecule has 1 aromatic rings. The van der Waals surface area contributed by atoms with Crippen LogP contribution in [0.15, 0.2) is 24.3 Å². The SMILES string of the molecule is FC(F)Oc1ccc(CNC2CCCSC2)cc1. The first-order valence-electron chi connectivity index (χ1n) is 6.09. The van der Waals surface area contributed by atoms with Crippen LogP contribution in [-0.4, -0.2) is 24.2 Å². The number of hydrogen-bond donors (Lipinski definition) is 1. The second-order valence-corrected chi connectivity index (χ2v) is 5.47. The summed E-state index contributed by atoms with van der Waals surface area (Å²) in [6.07, 6.45) is 2.49. The summed E-state index contributed by atoms with van der Waals surface area (Å²) in [6.45, 7) is -1.98. The van der Waals surface area contributed by atoms with Crippen LogP contribution in [0.5, 0.6) is 5.75 Å². The Morgan fingerprint density at radius 3 is 2.72 bits per heavy atom. The van der Waals surface area contributed by atoms with Crippen molar-refractivity contribution in [2.75, 3.05) is 11.5 Å². The van der Waals surface area contributed by atoms with Crippen molar-refractivity contribution in [3.63, 3.8) is 0 Å². The van der Waals surface area contributed by atoms with Gasteiger partial charge in [0.15, 0.2) is 0 Å². The molecule has 0 amide bonds. The Morgan fingerprint density at radius 1 is 1.33 bits per heavy atom. The van der Waals surface area contributed by atoms with Gasteiger partial charge in [-0.3, -0.25) is 0 Å². The van der Waals surface area contributed by atoms with Gasteiger partial charge in [0.05, 0.1) is 0 Å². The smallest absolute Gasteiger partial charge is 0.387 e. The van der Waals surface area contributed by atoms with Gasteiger partial charge in [-0.2, -0.15) is 20.5 Å². The van der Waals surface area contributed by atoms with E-state index in [0.717, 1.165) is 17.9 Å². The molecule has 2 rings (SSSR count). The molecule has 0 radical (unpaired) electrons. The van der Waals surface area contributed by atoms with Gasteiger partial charge in [0.1, 0.15) is 5.75 Å². The average molecular weight is 273 g/mol. The zero-order chi connectivity index (χ0) is 12.8. The molecule has 1 aliphatic heterocycles. The number of benzene rings is 1. The van der Waals surface area contributed by atoms with E-state index < -0.39 is 6.61 Å². The van der Waals surface area contributed by atoms with Gasteiger partial charge in [0, 0.05) is 18.3 Å². The minimum absolute atomic E-state index is 0.210. The quantitative estimate of drug-likeness (QED) is 0.889. The van der Waals surface area contributed by atoms with E-state index in [1.165, 1.54) is 18.6 Å². The molecule has 1 saturated heterocycles. The van der Waals surface area contributed by atoms with Crippen molar-refractivity contribution in [1.29, 1.82) is 0 Å². The highest BCUT2D eigenvalue weighted by Gasteiger charge is 2.12. The summed E-state index contributed by atoms with van der Waals surface area (Å²) in [6, 6.07) is 7.37. The molecule has 0 spiro atoms. The summed E-state index contributed by atoms with van der Waals surface area (Å²) in [7, 11) is 0. The van der Waals surface area contributed by atoms with Crippen molar-refractivity contribution in [2.45, 2.75) is 32.0 Å². The fourth-order valence-electron chi connectivity index (χ4n) is 1.95.